The third-order valence-electron chi connectivity index (χ3n) is 6.82. The van der Waals surface area contributed by atoms with Crippen LogP contribution in [0.25, 0.3) is 11.3 Å². The highest BCUT2D eigenvalue weighted by molar-refractivity contribution is 6.31. The lowest BCUT2D eigenvalue weighted by Crippen LogP contribution is -2.49. The Bertz CT molecular complexity index is 1380. The molecule has 0 bridgehead atoms. The number of amides is 2. The van der Waals surface area contributed by atoms with E-state index in [4.69, 9.17) is 22.1 Å². The number of ether oxygens (including phenoxy) is 2. The monoisotopic (exact) mass is 550 g/mol. The fourth-order valence-corrected chi connectivity index (χ4v) is 5.33. The number of nitrogens with zero attached hydrogens (tertiary/aromatic N) is 4. The third-order valence-corrected chi connectivity index (χ3v) is 7.15. The van der Waals surface area contributed by atoms with Gasteiger partial charge >= 0.3 is 12.4 Å². The summed E-state index contributed by atoms with van der Waals surface area (Å²) in [7, 11) is 0. The minimum absolute atomic E-state index is 0.260. The van der Waals surface area contributed by atoms with Crippen molar-refractivity contribution in [1.82, 2.24) is 25.0 Å². The Morgan fingerprint density at radius 2 is 2.00 bits per heavy atom. The topological polar surface area (TPSA) is 108 Å². The molecule has 2 aliphatic heterocycles. The minimum atomic E-state index is -4.91. The van der Waals surface area contributed by atoms with Crippen LogP contribution in [0.4, 0.5) is 23.8 Å². The number of hydrogen-bond donors (Lipinski definition) is 2. The van der Waals surface area contributed by atoms with Crippen LogP contribution in [0.15, 0.2) is 42.6 Å². The van der Waals surface area contributed by atoms with E-state index in [1.54, 1.807) is 21.7 Å². The van der Waals surface area contributed by atoms with Crippen LogP contribution < -0.4 is 15.8 Å². The molecule has 202 valence electrons. The first-order valence-corrected chi connectivity index (χ1v) is 12.3. The Morgan fingerprint density at radius 3 is 2.74 bits per heavy atom. The van der Waals surface area contributed by atoms with Crippen molar-refractivity contribution >= 4 is 23.4 Å². The second-order valence-corrected chi connectivity index (χ2v) is 10.2. The van der Waals surface area contributed by atoms with Crippen molar-refractivity contribution in [3.05, 3.63) is 58.9 Å². The molecule has 1 aromatic carbocycles. The average Bonchev–Trinajstić information content (AvgIpc) is 3.46. The van der Waals surface area contributed by atoms with Gasteiger partial charge in [-0.1, -0.05) is 29.8 Å². The number of pyridine rings is 1. The SMILES string of the molecule is CC(C)(NC(=O)N1CCC2(C1)OCCn1nc(-c3cnc(N)c(OC(F)(F)F)c3)cc12)c1ccccc1Cl. The Labute approximate surface area is 221 Å². The van der Waals surface area contributed by atoms with Gasteiger partial charge in [-0.3, -0.25) is 4.68 Å². The molecule has 38 heavy (non-hydrogen) atoms. The molecule has 1 spiro atoms. The Hall–Kier alpha value is -3.51. The quantitative estimate of drug-likeness (QED) is 0.489. The number of aromatic nitrogens is 3. The number of anilines is 1. The van der Waals surface area contributed by atoms with Crippen molar-refractivity contribution in [2.24, 2.45) is 0 Å². The molecule has 1 atom stereocenters. The molecule has 0 saturated carbocycles. The van der Waals surface area contributed by atoms with Crippen LogP contribution in [-0.4, -0.2) is 51.8 Å². The second-order valence-electron chi connectivity index (χ2n) is 9.84. The van der Waals surface area contributed by atoms with Crippen LogP contribution in [0.3, 0.4) is 0 Å². The zero-order valence-corrected chi connectivity index (χ0v) is 21.4. The molecule has 0 radical (unpaired) electrons. The number of rotatable bonds is 4. The maximum atomic E-state index is 13.3. The Morgan fingerprint density at radius 1 is 1.24 bits per heavy atom. The highest BCUT2D eigenvalue weighted by Crippen LogP contribution is 2.41. The highest BCUT2D eigenvalue weighted by atomic mass is 35.5. The van der Waals surface area contributed by atoms with Crippen LogP contribution in [-0.2, 0) is 22.4 Å². The fraction of sp³-hybridized carbons (Fsp3) is 0.400. The predicted molar refractivity (Wildman–Crippen MR) is 133 cm³/mol. The number of nitrogens with two attached hydrogens (primary N) is 1. The lowest BCUT2D eigenvalue weighted by Gasteiger charge is -2.35. The van der Waals surface area contributed by atoms with Gasteiger partial charge in [-0.25, -0.2) is 9.78 Å². The smallest absolute Gasteiger partial charge is 0.402 e. The molecule has 9 nitrogen and oxygen atoms in total. The van der Waals surface area contributed by atoms with Gasteiger partial charge in [0.25, 0.3) is 0 Å². The normalized spacial score (nSPS) is 19.5. The second kappa shape index (κ2) is 9.35. The van der Waals surface area contributed by atoms with Gasteiger partial charge in [-0.2, -0.15) is 5.10 Å². The lowest BCUT2D eigenvalue weighted by atomic mass is 9.94. The molecule has 2 aromatic heterocycles. The van der Waals surface area contributed by atoms with E-state index in [0.29, 0.717) is 42.4 Å². The average molecular weight is 551 g/mol. The number of urea groups is 1. The maximum Gasteiger partial charge on any atom is 0.573 e. The molecule has 2 aliphatic rings. The number of hydrogen-bond acceptors (Lipinski definition) is 6. The molecule has 3 N–H and O–H groups in total. The summed E-state index contributed by atoms with van der Waals surface area (Å²) in [5.41, 5.74) is 6.28. The fourth-order valence-electron chi connectivity index (χ4n) is 4.96. The number of likely N-dealkylation sites (tertiary alicyclic amines) is 1. The van der Waals surface area contributed by atoms with E-state index in [-0.39, 0.29) is 18.4 Å². The number of benzene rings is 1. The Kier molecular flexibility index (Phi) is 6.42. The number of nitrogen functional groups attached to an aromatic ring is 1. The molecule has 5 rings (SSSR count). The lowest BCUT2D eigenvalue weighted by molar-refractivity contribution is -0.274. The summed E-state index contributed by atoms with van der Waals surface area (Å²) in [4.78, 5) is 18.8. The van der Waals surface area contributed by atoms with Gasteiger partial charge in [0, 0.05) is 29.7 Å². The number of halogens is 4. The first kappa shape index (κ1) is 26.1. The number of alkyl halides is 3. The van der Waals surface area contributed by atoms with Crippen molar-refractivity contribution in [3.63, 3.8) is 0 Å². The minimum Gasteiger partial charge on any atom is -0.402 e. The van der Waals surface area contributed by atoms with Crippen molar-refractivity contribution < 1.29 is 27.4 Å². The van der Waals surface area contributed by atoms with Crippen LogP contribution in [0.5, 0.6) is 5.75 Å². The van der Waals surface area contributed by atoms with Gasteiger partial charge < -0.3 is 25.4 Å². The van der Waals surface area contributed by atoms with E-state index in [2.05, 4.69) is 20.1 Å². The number of carbonyl (C=O) groups excluding carboxylic acids is 1. The van der Waals surface area contributed by atoms with Gasteiger partial charge in [0.2, 0.25) is 0 Å². The van der Waals surface area contributed by atoms with Crippen LogP contribution in [0, 0.1) is 0 Å². The highest BCUT2D eigenvalue weighted by Gasteiger charge is 2.47. The van der Waals surface area contributed by atoms with Gasteiger partial charge in [0.15, 0.2) is 11.6 Å². The molecule has 1 saturated heterocycles. The van der Waals surface area contributed by atoms with E-state index < -0.39 is 23.3 Å². The molecule has 4 heterocycles. The van der Waals surface area contributed by atoms with E-state index in [9.17, 15) is 18.0 Å². The van der Waals surface area contributed by atoms with Crippen LogP contribution in [0.1, 0.15) is 31.5 Å². The van der Waals surface area contributed by atoms with Crippen LogP contribution >= 0.6 is 11.6 Å². The van der Waals surface area contributed by atoms with Crippen molar-refractivity contribution in [3.8, 4) is 17.0 Å². The van der Waals surface area contributed by atoms with Gasteiger partial charge in [0.1, 0.15) is 5.60 Å². The first-order chi connectivity index (χ1) is 17.9. The largest absolute Gasteiger partial charge is 0.573 e. The predicted octanol–water partition coefficient (Wildman–Crippen LogP) is 4.66. The molecule has 2 amide bonds. The summed E-state index contributed by atoms with van der Waals surface area (Å²) in [6.45, 7) is 5.32. The summed E-state index contributed by atoms with van der Waals surface area (Å²) < 4.78 is 50.3. The van der Waals surface area contributed by atoms with Gasteiger partial charge in [-0.05, 0) is 37.6 Å². The molecule has 0 aliphatic carbocycles. The van der Waals surface area contributed by atoms with Gasteiger partial charge in [0.05, 0.1) is 36.6 Å². The van der Waals surface area contributed by atoms with Crippen molar-refractivity contribution in [2.75, 3.05) is 25.4 Å². The summed E-state index contributed by atoms with van der Waals surface area (Å²) in [6, 6.07) is 9.99. The van der Waals surface area contributed by atoms with Crippen LogP contribution in [0.2, 0.25) is 5.02 Å². The van der Waals surface area contributed by atoms with E-state index in [1.165, 1.54) is 6.20 Å². The summed E-state index contributed by atoms with van der Waals surface area (Å²) in [6.07, 6.45) is -3.04. The first-order valence-electron chi connectivity index (χ1n) is 11.9. The molecule has 3 aromatic rings. The van der Waals surface area contributed by atoms with Gasteiger partial charge in [-0.15, -0.1) is 13.2 Å². The summed E-state index contributed by atoms with van der Waals surface area (Å²) >= 11 is 6.36. The molecular formula is C25H26ClF3N6O3. The zero-order valence-electron chi connectivity index (χ0n) is 20.7. The van der Waals surface area contributed by atoms with Crippen molar-refractivity contribution in [2.45, 2.75) is 44.3 Å². The summed E-state index contributed by atoms with van der Waals surface area (Å²) in [5.74, 6) is -0.983. The number of carbonyl (C=O) groups is 1. The molecular weight excluding hydrogens is 525 g/mol. The standard InChI is InChI=1S/C25H26ClF3N6O3/c1-23(2,16-5-3-4-6-17(16)26)32-22(36)34-8-7-24(14-34)20-12-18(33-35(20)9-10-37-24)15-11-19(21(30)31-13-15)38-25(27,28)29/h3-6,11-13H,7-10,14H2,1-2H3,(H2,30,31)(H,32,36). The molecule has 1 fully saturated rings. The maximum absolute atomic E-state index is 13.3. The zero-order chi connectivity index (χ0) is 27.3. The third kappa shape index (κ3) is 4.97. The van der Waals surface area contributed by atoms with E-state index in [1.807, 2.05) is 32.0 Å². The van der Waals surface area contributed by atoms with Crippen molar-refractivity contribution in [1.29, 1.82) is 0 Å². The summed E-state index contributed by atoms with van der Waals surface area (Å²) in [5, 5.41) is 8.19. The molecule has 1 unspecified atom stereocenters. The number of fused-ring (bicyclic) bond motifs is 2. The van der Waals surface area contributed by atoms with E-state index in [0.717, 1.165) is 17.3 Å². The molecule has 13 heteroatoms. The Balaban J connectivity index is 1.37. The van der Waals surface area contributed by atoms with E-state index >= 15 is 0 Å². The number of nitrogens with one attached hydrogen (secondary N) is 1.